The maximum Gasteiger partial charge on any atom is 0.259 e. The van der Waals surface area contributed by atoms with Crippen molar-refractivity contribution in [1.82, 2.24) is 24.5 Å². The average Bonchev–Trinajstić information content (AvgIpc) is 3.05. The number of benzene rings is 1. The summed E-state index contributed by atoms with van der Waals surface area (Å²) in [7, 11) is 1.65. The molecule has 4 aromatic rings. The quantitative estimate of drug-likeness (QED) is 0.521. The minimum absolute atomic E-state index is 0.0828. The molecule has 0 aliphatic carbocycles. The summed E-state index contributed by atoms with van der Waals surface area (Å²) < 4.78 is 2.94. The molecule has 144 valence electrons. The van der Waals surface area contributed by atoms with Crippen molar-refractivity contribution < 1.29 is 4.79 Å². The Morgan fingerprint density at radius 1 is 1.34 bits per heavy atom. The number of pyridine rings is 1. The van der Waals surface area contributed by atoms with E-state index in [0.29, 0.717) is 22.3 Å². The highest BCUT2D eigenvalue weighted by molar-refractivity contribution is 6.04. The van der Waals surface area contributed by atoms with E-state index >= 15 is 0 Å². The Kier molecular flexibility index (Phi) is 4.28. The number of carbonyl (C=O) groups excluding carboxylic acids is 1. The van der Waals surface area contributed by atoms with Gasteiger partial charge in [-0.3, -0.25) is 9.59 Å². The van der Waals surface area contributed by atoms with Crippen LogP contribution in [0.15, 0.2) is 47.5 Å². The highest BCUT2D eigenvalue weighted by Crippen LogP contribution is 2.21. The molecule has 4 rings (SSSR count). The summed E-state index contributed by atoms with van der Waals surface area (Å²) in [6, 6.07) is 8.42. The lowest BCUT2D eigenvalue weighted by Crippen LogP contribution is -2.32. The van der Waals surface area contributed by atoms with Crippen molar-refractivity contribution >= 4 is 28.1 Å². The number of rotatable bonds is 3. The molecule has 3 aromatic heterocycles. The molecule has 8 heteroatoms. The summed E-state index contributed by atoms with van der Waals surface area (Å²) in [4.78, 5) is 30.0. The molecule has 1 aromatic carbocycles. The van der Waals surface area contributed by atoms with Crippen LogP contribution in [-0.2, 0) is 7.05 Å². The first-order chi connectivity index (χ1) is 13.9. The molecule has 1 amide bonds. The maximum atomic E-state index is 12.9. The number of anilines is 1. The van der Waals surface area contributed by atoms with E-state index in [-0.39, 0.29) is 16.9 Å². The molecule has 3 heterocycles. The summed E-state index contributed by atoms with van der Waals surface area (Å²) >= 11 is 0. The fraction of sp³-hybridized carbons (Fsp3) is 0.143. The standard InChI is InChI=1S/C21H18N6O2/c1-4-13-7-5-8-14-11-15(26(3)21(29)16(13)14)12(2)24-20(28)17-18(22)25-27-10-6-9-23-19(17)27/h1,5-12H,2-3H3,(H2,22,25)(H,24,28)/t12-/m0/s1. The summed E-state index contributed by atoms with van der Waals surface area (Å²) in [5, 5.41) is 8.19. The molecule has 1 atom stereocenters. The zero-order valence-corrected chi connectivity index (χ0v) is 15.9. The zero-order valence-electron chi connectivity index (χ0n) is 15.9. The summed E-state index contributed by atoms with van der Waals surface area (Å²) in [5.74, 6) is 2.21. The van der Waals surface area contributed by atoms with Crippen LogP contribution in [0.1, 0.15) is 34.6 Å². The van der Waals surface area contributed by atoms with Crippen LogP contribution < -0.4 is 16.6 Å². The van der Waals surface area contributed by atoms with Gasteiger partial charge in [-0.25, -0.2) is 9.50 Å². The third-order valence-electron chi connectivity index (χ3n) is 4.90. The van der Waals surface area contributed by atoms with E-state index in [4.69, 9.17) is 12.2 Å². The van der Waals surface area contributed by atoms with Crippen molar-refractivity contribution in [2.75, 3.05) is 5.73 Å². The first-order valence-electron chi connectivity index (χ1n) is 8.91. The molecular weight excluding hydrogens is 368 g/mol. The van der Waals surface area contributed by atoms with Crippen molar-refractivity contribution in [3.63, 3.8) is 0 Å². The van der Waals surface area contributed by atoms with Crippen LogP contribution in [0.25, 0.3) is 16.4 Å². The van der Waals surface area contributed by atoms with E-state index in [2.05, 4.69) is 21.3 Å². The molecule has 8 nitrogen and oxygen atoms in total. The van der Waals surface area contributed by atoms with Gasteiger partial charge in [-0.2, -0.15) is 0 Å². The predicted molar refractivity (Wildman–Crippen MR) is 110 cm³/mol. The van der Waals surface area contributed by atoms with Gasteiger partial charge in [-0.15, -0.1) is 11.5 Å². The first kappa shape index (κ1) is 18.3. The molecule has 3 N–H and O–H groups in total. The van der Waals surface area contributed by atoms with Gasteiger partial charge in [0.1, 0.15) is 5.56 Å². The highest BCUT2D eigenvalue weighted by Gasteiger charge is 2.22. The number of nitrogen functional groups attached to an aromatic ring is 1. The molecule has 0 bridgehead atoms. The molecule has 0 spiro atoms. The number of hydrogen-bond acceptors (Lipinski definition) is 5. The molecule has 0 saturated heterocycles. The Morgan fingerprint density at radius 2 is 2.14 bits per heavy atom. The molecule has 29 heavy (non-hydrogen) atoms. The van der Waals surface area contributed by atoms with E-state index in [1.54, 1.807) is 44.6 Å². The van der Waals surface area contributed by atoms with Gasteiger partial charge in [0, 0.05) is 30.7 Å². The topological polar surface area (TPSA) is 107 Å². The second kappa shape index (κ2) is 6.80. The van der Waals surface area contributed by atoms with Gasteiger partial charge in [-0.05, 0) is 30.5 Å². The van der Waals surface area contributed by atoms with E-state index in [1.807, 2.05) is 12.1 Å². The smallest absolute Gasteiger partial charge is 0.259 e. The van der Waals surface area contributed by atoms with Gasteiger partial charge in [0.15, 0.2) is 11.5 Å². The van der Waals surface area contributed by atoms with Gasteiger partial charge in [0.2, 0.25) is 0 Å². The lowest BCUT2D eigenvalue weighted by molar-refractivity contribution is 0.0941. The molecule has 0 fully saturated rings. The molecule has 0 saturated carbocycles. The van der Waals surface area contributed by atoms with Crippen molar-refractivity contribution in [3.05, 3.63) is 69.9 Å². The van der Waals surface area contributed by atoms with Gasteiger partial charge >= 0.3 is 0 Å². The lowest BCUT2D eigenvalue weighted by Gasteiger charge is -2.18. The molecule has 0 unspecified atom stereocenters. The Bertz CT molecular complexity index is 1380. The van der Waals surface area contributed by atoms with Crippen LogP contribution in [0, 0.1) is 12.3 Å². The summed E-state index contributed by atoms with van der Waals surface area (Å²) in [5.41, 5.74) is 7.43. The minimum Gasteiger partial charge on any atom is -0.381 e. The van der Waals surface area contributed by atoms with Crippen molar-refractivity contribution in [1.29, 1.82) is 0 Å². The number of amides is 1. The number of fused-ring (bicyclic) bond motifs is 2. The number of carbonyl (C=O) groups is 1. The predicted octanol–water partition coefficient (Wildman–Crippen LogP) is 1.64. The molecule has 0 radical (unpaired) electrons. The number of nitrogens with one attached hydrogen (secondary N) is 1. The van der Waals surface area contributed by atoms with Gasteiger partial charge in [0.05, 0.1) is 11.4 Å². The lowest BCUT2D eigenvalue weighted by atomic mass is 10.0. The average molecular weight is 386 g/mol. The third-order valence-corrected chi connectivity index (χ3v) is 4.90. The van der Waals surface area contributed by atoms with Crippen LogP contribution >= 0.6 is 0 Å². The number of nitrogens with zero attached hydrogens (tertiary/aromatic N) is 4. The van der Waals surface area contributed by atoms with Crippen LogP contribution in [0.2, 0.25) is 0 Å². The van der Waals surface area contributed by atoms with Crippen molar-refractivity contribution in [2.24, 2.45) is 7.05 Å². The number of aromatic nitrogens is 4. The SMILES string of the molecule is C#Cc1cccc2cc([C@H](C)NC(=O)c3c(N)nn4cccnc34)n(C)c(=O)c12. The third kappa shape index (κ3) is 2.89. The number of nitrogens with two attached hydrogens (primary N) is 1. The summed E-state index contributed by atoms with van der Waals surface area (Å²) in [6.07, 6.45) is 8.76. The molecule has 0 aliphatic rings. The minimum atomic E-state index is -0.475. The van der Waals surface area contributed by atoms with Crippen LogP contribution in [0.5, 0.6) is 0 Å². The van der Waals surface area contributed by atoms with E-state index in [0.717, 1.165) is 5.39 Å². The Labute approximate surface area is 166 Å². The monoisotopic (exact) mass is 386 g/mol. The van der Waals surface area contributed by atoms with Gasteiger partial charge in [-0.1, -0.05) is 18.1 Å². The fourth-order valence-corrected chi connectivity index (χ4v) is 3.47. The highest BCUT2D eigenvalue weighted by atomic mass is 16.2. The van der Waals surface area contributed by atoms with E-state index < -0.39 is 11.9 Å². The Morgan fingerprint density at radius 3 is 2.90 bits per heavy atom. The largest absolute Gasteiger partial charge is 0.381 e. The van der Waals surface area contributed by atoms with Crippen LogP contribution in [0.4, 0.5) is 5.82 Å². The van der Waals surface area contributed by atoms with Crippen molar-refractivity contribution in [3.8, 4) is 12.3 Å². The Hall–Kier alpha value is -4.12. The Balaban J connectivity index is 1.74. The van der Waals surface area contributed by atoms with Crippen LogP contribution in [0.3, 0.4) is 0 Å². The van der Waals surface area contributed by atoms with Gasteiger partial charge in [0.25, 0.3) is 11.5 Å². The maximum absolute atomic E-state index is 12.9. The molecular formula is C21H18N6O2. The summed E-state index contributed by atoms with van der Waals surface area (Å²) in [6.45, 7) is 1.79. The second-order valence-electron chi connectivity index (χ2n) is 6.69. The zero-order chi connectivity index (χ0) is 20.7. The van der Waals surface area contributed by atoms with Gasteiger partial charge < -0.3 is 15.6 Å². The second-order valence-corrected chi connectivity index (χ2v) is 6.69. The fourth-order valence-electron chi connectivity index (χ4n) is 3.47. The van der Waals surface area contributed by atoms with Crippen molar-refractivity contribution in [2.45, 2.75) is 13.0 Å². The van der Waals surface area contributed by atoms with E-state index in [1.165, 1.54) is 9.08 Å². The van der Waals surface area contributed by atoms with E-state index in [9.17, 15) is 9.59 Å². The first-order valence-corrected chi connectivity index (χ1v) is 8.91. The normalized spacial score (nSPS) is 12.0. The van der Waals surface area contributed by atoms with Crippen LogP contribution in [-0.4, -0.2) is 25.1 Å². The molecule has 0 aliphatic heterocycles. The number of terminal acetylenes is 1. The number of hydrogen-bond donors (Lipinski definition) is 2.